The number of rotatable bonds is 8. The first-order valence-electron chi connectivity index (χ1n) is 6.30. The molecule has 23 heavy (non-hydrogen) atoms. The summed E-state index contributed by atoms with van der Waals surface area (Å²) in [6.07, 6.45) is 0. The molecule has 0 N–H and O–H groups in total. The van der Waals surface area contributed by atoms with Crippen LogP contribution in [0.1, 0.15) is 10.4 Å². The lowest BCUT2D eigenvalue weighted by Crippen LogP contribution is -2.29. The Bertz CT molecular complexity index is 619. The number of benzene rings is 1. The Kier molecular flexibility index (Phi) is 6.98. The minimum atomic E-state index is -1.16. The molecule has 0 heterocycles. The predicted molar refractivity (Wildman–Crippen MR) is 84.7 cm³/mol. The van der Waals surface area contributed by atoms with Gasteiger partial charge >= 0.3 is 11.7 Å². The molecule has 0 saturated carbocycles. The largest absolute Gasteiger partial charge is 0.465 e. The highest BCUT2D eigenvalue weighted by Gasteiger charge is 2.36. The minimum absolute atomic E-state index is 0.0160. The number of ether oxygens (including phenoxy) is 1. The van der Waals surface area contributed by atoms with Crippen LogP contribution in [-0.4, -0.2) is 47.8 Å². The number of anilines is 1. The molecule has 0 aliphatic heterocycles. The molecule has 9 nitrogen and oxygen atoms in total. The van der Waals surface area contributed by atoms with Gasteiger partial charge in [0.25, 0.3) is 5.69 Å². The monoisotopic (exact) mass is 365 g/mol. The van der Waals surface area contributed by atoms with Crippen LogP contribution in [0, 0.1) is 20.2 Å². The molecule has 0 aliphatic carbocycles. The summed E-state index contributed by atoms with van der Waals surface area (Å²) in [5.41, 5.74) is -2.11. The lowest BCUT2D eigenvalue weighted by Gasteiger charge is -2.23. The van der Waals surface area contributed by atoms with E-state index in [1.807, 2.05) is 0 Å². The standard InChI is InChI=1S/C12H13Cl2N3O6/c1-23-12(18)10-8(16(19)20)2-3-9(11(10)17(21)22)15(6-4-13)7-5-14/h2-3H,4-7H2,1H3. The number of alkyl halides is 2. The third kappa shape index (κ3) is 4.20. The molecule has 1 rings (SSSR count). The van der Waals surface area contributed by atoms with Gasteiger partial charge in [0.05, 0.1) is 17.0 Å². The van der Waals surface area contributed by atoms with Gasteiger partial charge in [0.2, 0.25) is 5.56 Å². The third-order valence-electron chi connectivity index (χ3n) is 2.95. The van der Waals surface area contributed by atoms with Crippen LogP contribution in [-0.2, 0) is 4.74 Å². The highest BCUT2D eigenvalue weighted by molar-refractivity contribution is 6.18. The van der Waals surface area contributed by atoms with E-state index < -0.39 is 32.8 Å². The van der Waals surface area contributed by atoms with Gasteiger partial charge in [0.15, 0.2) is 0 Å². The lowest BCUT2D eigenvalue weighted by molar-refractivity contribution is -0.394. The van der Waals surface area contributed by atoms with Gasteiger partial charge < -0.3 is 9.64 Å². The minimum Gasteiger partial charge on any atom is -0.465 e. The number of carbonyl (C=O) groups is 1. The Morgan fingerprint density at radius 3 is 2.13 bits per heavy atom. The molecule has 1 aromatic rings. The highest BCUT2D eigenvalue weighted by Crippen LogP contribution is 2.38. The maximum absolute atomic E-state index is 11.9. The van der Waals surface area contributed by atoms with Gasteiger partial charge in [-0.15, -0.1) is 23.2 Å². The van der Waals surface area contributed by atoms with Gasteiger partial charge in [-0.1, -0.05) is 0 Å². The zero-order valence-electron chi connectivity index (χ0n) is 12.0. The molecule has 0 amide bonds. The van der Waals surface area contributed by atoms with Crippen molar-refractivity contribution in [2.45, 2.75) is 0 Å². The number of nitro benzene ring substituents is 2. The average Bonchev–Trinajstić information content (AvgIpc) is 2.52. The number of nitro groups is 2. The predicted octanol–water partition coefficient (Wildman–Crippen LogP) is 2.57. The van der Waals surface area contributed by atoms with Crippen molar-refractivity contribution in [3.63, 3.8) is 0 Å². The molecule has 0 spiro atoms. The summed E-state index contributed by atoms with van der Waals surface area (Å²) in [6, 6.07) is 2.21. The van der Waals surface area contributed by atoms with Crippen molar-refractivity contribution in [3.05, 3.63) is 37.9 Å². The Morgan fingerprint density at radius 1 is 1.17 bits per heavy atom. The van der Waals surface area contributed by atoms with Gasteiger partial charge in [-0.25, -0.2) is 4.79 Å². The quantitative estimate of drug-likeness (QED) is 0.300. The zero-order valence-corrected chi connectivity index (χ0v) is 13.5. The molecule has 1 aromatic carbocycles. The molecule has 11 heteroatoms. The molecule has 0 aromatic heterocycles. The number of hydrogen-bond donors (Lipinski definition) is 0. The summed E-state index contributed by atoms with van der Waals surface area (Å²) in [5, 5.41) is 22.5. The Labute approximate surface area is 141 Å². The fraction of sp³-hybridized carbons (Fsp3) is 0.417. The van der Waals surface area contributed by atoms with E-state index in [4.69, 9.17) is 23.2 Å². The SMILES string of the molecule is COC(=O)c1c([N+](=O)[O-])ccc(N(CCCl)CCCl)c1[N+](=O)[O-]. The van der Waals surface area contributed by atoms with Gasteiger partial charge in [0.1, 0.15) is 5.69 Å². The van der Waals surface area contributed by atoms with Crippen LogP contribution in [0.5, 0.6) is 0 Å². The van der Waals surface area contributed by atoms with E-state index in [9.17, 15) is 25.0 Å². The van der Waals surface area contributed by atoms with Crippen LogP contribution in [0.4, 0.5) is 17.1 Å². The second-order valence-corrected chi connectivity index (χ2v) is 4.95. The maximum atomic E-state index is 11.9. The van der Waals surface area contributed by atoms with E-state index in [0.717, 1.165) is 13.2 Å². The number of hydrogen-bond acceptors (Lipinski definition) is 7. The van der Waals surface area contributed by atoms with Crippen molar-refractivity contribution in [1.82, 2.24) is 0 Å². The topological polar surface area (TPSA) is 116 Å². The normalized spacial score (nSPS) is 10.2. The maximum Gasteiger partial charge on any atom is 0.352 e. The van der Waals surface area contributed by atoms with Gasteiger partial charge in [-0.05, 0) is 6.07 Å². The molecule has 0 saturated heterocycles. The smallest absolute Gasteiger partial charge is 0.352 e. The summed E-state index contributed by atoms with van der Waals surface area (Å²) in [6.45, 7) is 0.432. The number of esters is 1. The van der Waals surface area contributed by atoms with Gasteiger partial charge in [-0.2, -0.15) is 0 Å². The first-order valence-corrected chi connectivity index (χ1v) is 7.36. The molecule has 0 atom stereocenters. The second-order valence-electron chi connectivity index (χ2n) is 4.20. The van der Waals surface area contributed by atoms with E-state index in [1.165, 1.54) is 11.0 Å². The molecule has 0 aliphatic rings. The van der Waals surface area contributed by atoms with Crippen LogP contribution in [0.3, 0.4) is 0 Å². The van der Waals surface area contributed by atoms with E-state index in [1.54, 1.807) is 0 Å². The van der Waals surface area contributed by atoms with Crippen molar-refractivity contribution in [2.75, 3.05) is 36.9 Å². The van der Waals surface area contributed by atoms with Crippen molar-refractivity contribution in [1.29, 1.82) is 0 Å². The molecule has 0 fully saturated rings. The van der Waals surface area contributed by atoms with Crippen LogP contribution in [0.25, 0.3) is 0 Å². The first kappa shape index (κ1) is 18.9. The number of nitrogens with zero attached hydrogens (tertiary/aromatic N) is 3. The van der Waals surface area contributed by atoms with E-state index in [-0.39, 0.29) is 30.5 Å². The van der Waals surface area contributed by atoms with E-state index in [2.05, 4.69) is 4.74 Å². The molecular formula is C12H13Cl2N3O6. The summed E-state index contributed by atoms with van der Waals surface area (Å²) in [5.74, 6) is -0.862. The number of methoxy groups -OCH3 is 1. The average molecular weight is 366 g/mol. The lowest BCUT2D eigenvalue weighted by atomic mass is 10.1. The molecule has 126 valence electrons. The summed E-state index contributed by atoms with van der Waals surface area (Å²) in [7, 11) is 0.984. The summed E-state index contributed by atoms with van der Waals surface area (Å²) >= 11 is 11.3. The van der Waals surface area contributed by atoms with Crippen LogP contribution in [0.15, 0.2) is 12.1 Å². The molecular weight excluding hydrogens is 353 g/mol. The second kappa shape index (κ2) is 8.49. The Balaban J connectivity index is 3.68. The van der Waals surface area contributed by atoms with Crippen molar-refractivity contribution in [2.24, 2.45) is 0 Å². The Hall–Kier alpha value is -2.13. The number of halogens is 2. The van der Waals surface area contributed by atoms with Gasteiger partial charge in [0, 0.05) is 30.9 Å². The van der Waals surface area contributed by atoms with Crippen molar-refractivity contribution in [3.8, 4) is 0 Å². The van der Waals surface area contributed by atoms with Crippen molar-refractivity contribution < 1.29 is 19.4 Å². The van der Waals surface area contributed by atoms with Gasteiger partial charge in [-0.3, -0.25) is 20.2 Å². The van der Waals surface area contributed by atoms with E-state index >= 15 is 0 Å². The van der Waals surface area contributed by atoms with Crippen LogP contribution in [0.2, 0.25) is 0 Å². The highest BCUT2D eigenvalue weighted by atomic mass is 35.5. The summed E-state index contributed by atoms with van der Waals surface area (Å²) in [4.78, 5) is 34.1. The van der Waals surface area contributed by atoms with Crippen LogP contribution >= 0.6 is 23.2 Å². The van der Waals surface area contributed by atoms with Crippen molar-refractivity contribution >= 4 is 46.2 Å². The first-order chi connectivity index (χ1) is 10.9. The number of carbonyl (C=O) groups excluding carboxylic acids is 1. The fourth-order valence-electron chi connectivity index (χ4n) is 2.02. The molecule has 0 radical (unpaired) electrons. The molecule has 0 unspecified atom stereocenters. The third-order valence-corrected chi connectivity index (χ3v) is 3.29. The fourth-order valence-corrected chi connectivity index (χ4v) is 2.43. The summed E-state index contributed by atoms with van der Waals surface area (Å²) < 4.78 is 4.45. The Morgan fingerprint density at radius 2 is 1.74 bits per heavy atom. The van der Waals surface area contributed by atoms with E-state index in [0.29, 0.717) is 0 Å². The van der Waals surface area contributed by atoms with Crippen LogP contribution < -0.4 is 4.90 Å². The zero-order chi connectivity index (χ0) is 17.6. The molecule has 0 bridgehead atoms.